The molecule has 4 rings (SSSR count). The fourth-order valence-electron chi connectivity index (χ4n) is 3.20. The number of hydrogen-bond acceptors (Lipinski definition) is 5. The molecule has 0 radical (unpaired) electrons. The van der Waals surface area contributed by atoms with Gasteiger partial charge in [-0.1, -0.05) is 36.0 Å². The van der Waals surface area contributed by atoms with Crippen LogP contribution < -0.4 is 11.1 Å². The van der Waals surface area contributed by atoms with Crippen molar-refractivity contribution in [3.05, 3.63) is 75.1 Å². The lowest BCUT2D eigenvalue weighted by atomic mass is 10.2. The Labute approximate surface area is 165 Å². The van der Waals surface area contributed by atoms with Gasteiger partial charge in [0.2, 0.25) is 0 Å². The number of para-hydroxylation sites is 2. The van der Waals surface area contributed by atoms with Crippen LogP contribution in [0, 0.1) is 0 Å². The second kappa shape index (κ2) is 7.24. The summed E-state index contributed by atoms with van der Waals surface area (Å²) in [6, 6.07) is 14.6. The van der Waals surface area contributed by atoms with Gasteiger partial charge in [0.05, 0.1) is 27.6 Å². The highest BCUT2D eigenvalue weighted by molar-refractivity contribution is 7.98. The molecule has 0 fully saturated rings. The first-order chi connectivity index (χ1) is 13.5. The van der Waals surface area contributed by atoms with Crippen molar-refractivity contribution in [3.63, 3.8) is 0 Å². The highest BCUT2D eigenvalue weighted by atomic mass is 32.2. The normalized spacial score (nSPS) is 11.6. The molecule has 2 aromatic carbocycles. The van der Waals surface area contributed by atoms with Crippen molar-refractivity contribution in [1.29, 1.82) is 0 Å². The Morgan fingerprint density at radius 1 is 0.893 bits per heavy atom. The number of hydrogen-bond donors (Lipinski definition) is 0. The topological polar surface area (TPSA) is 69.8 Å². The van der Waals surface area contributed by atoms with Gasteiger partial charge >= 0.3 is 0 Å². The zero-order valence-corrected chi connectivity index (χ0v) is 16.7. The Balaban J connectivity index is 1.78. The molecule has 4 aromatic rings. The minimum Gasteiger partial charge on any atom is -0.299 e. The Morgan fingerprint density at radius 3 is 2.11 bits per heavy atom. The second-order valence-electron chi connectivity index (χ2n) is 6.88. The first-order valence-corrected chi connectivity index (χ1v) is 10.0. The van der Waals surface area contributed by atoms with Crippen molar-refractivity contribution in [2.45, 2.75) is 30.8 Å². The van der Waals surface area contributed by atoms with E-state index in [4.69, 9.17) is 4.98 Å². The SMILES string of the molecule is CC(C)n1c(SCc2nc3ccccc3c(=O)n2C)nc2ccccc2c1=O. The smallest absolute Gasteiger partial charge is 0.262 e. The third kappa shape index (κ3) is 3.11. The van der Waals surface area contributed by atoms with Gasteiger partial charge in [-0.15, -0.1) is 0 Å². The predicted molar refractivity (Wildman–Crippen MR) is 113 cm³/mol. The molecule has 6 nitrogen and oxygen atoms in total. The summed E-state index contributed by atoms with van der Waals surface area (Å²) in [6.45, 7) is 3.93. The molecular weight excluding hydrogens is 372 g/mol. The highest BCUT2D eigenvalue weighted by Gasteiger charge is 2.15. The molecule has 0 aliphatic carbocycles. The van der Waals surface area contributed by atoms with Gasteiger partial charge < -0.3 is 0 Å². The summed E-state index contributed by atoms with van der Waals surface area (Å²) in [4.78, 5) is 34.9. The molecule has 0 saturated heterocycles. The lowest BCUT2D eigenvalue weighted by Crippen LogP contribution is -2.25. The first kappa shape index (κ1) is 18.4. The molecular formula is C21H20N4O2S. The lowest BCUT2D eigenvalue weighted by molar-refractivity contribution is 0.519. The van der Waals surface area contributed by atoms with Crippen LogP contribution in [0.2, 0.25) is 0 Å². The molecule has 0 unspecified atom stereocenters. The number of aromatic nitrogens is 4. The van der Waals surface area contributed by atoms with Crippen molar-refractivity contribution in [2.24, 2.45) is 7.05 Å². The lowest BCUT2D eigenvalue weighted by Gasteiger charge is -2.16. The van der Waals surface area contributed by atoms with Gasteiger partial charge in [0, 0.05) is 13.1 Å². The summed E-state index contributed by atoms with van der Waals surface area (Å²) < 4.78 is 3.26. The van der Waals surface area contributed by atoms with E-state index in [1.165, 1.54) is 11.8 Å². The van der Waals surface area contributed by atoms with Crippen LogP contribution in [-0.2, 0) is 12.8 Å². The van der Waals surface area contributed by atoms with Crippen LogP contribution in [0.5, 0.6) is 0 Å². The van der Waals surface area contributed by atoms with Crippen LogP contribution >= 0.6 is 11.8 Å². The summed E-state index contributed by atoms with van der Waals surface area (Å²) in [7, 11) is 1.72. The van der Waals surface area contributed by atoms with Crippen molar-refractivity contribution in [2.75, 3.05) is 0 Å². The van der Waals surface area contributed by atoms with Gasteiger partial charge in [-0.25, -0.2) is 9.97 Å². The molecule has 142 valence electrons. The maximum atomic E-state index is 12.9. The van der Waals surface area contributed by atoms with E-state index in [2.05, 4.69) is 4.98 Å². The van der Waals surface area contributed by atoms with Crippen molar-refractivity contribution < 1.29 is 0 Å². The molecule has 2 aromatic heterocycles. The Kier molecular flexibility index (Phi) is 4.77. The van der Waals surface area contributed by atoms with Crippen molar-refractivity contribution in [3.8, 4) is 0 Å². The average Bonchev–Trinajstić information content (AvgIpc) is 2.69. The average molecular weight is 392 g/mol. The van der Waals surface area contributed by atoms with E-state index in [1.54, 1.807) is 28.3 Å². The molecule has 28 heavy (non-hydrogen) atoms. The predicted octanol–water partition coefficient (Wildman–Crippen LogP) is 3.52. The van der Waals surface area contributed by atoms with Crippen LogP contribution in [0.15, 0.2) is 63.3 Å². The maximum absolute atomic E-state index is 12.9. The Hall–Kier alpha value is -2.93. The van der Waals surface area contributed by atoms with E-state index in [9.17, 15) is 9.59 Å². The van der Waals surface area contributed by atoms with Crippen LogP contribution in [0.3, 0.4) is 0 Å². The number of thioether (sulfide) groups is 1. The molecule has 0 aliphatic rings. The fourth-order valence-corrected chi connectivity index (χ4v) is 4.32. The van der Waals surface area contributed by atoms with E-state index in [0.29, 0.717) is 38.5 Å². The zero-order valence-electron chi connectivity index (χ0n) is 15.9. The minimum atomic E-state index is -0.0751. The Bertz CT molecular complexity index is 1310. The van der Waals surface area contributed by atoms with Gasteiger partial charge in [-0.05, 0) is 38.1 Å². The molecule has 0 aliphatic heterocycles. The molecule has 0 bridgehead atoms. The molecule has 0 N–H and O–H groups in total. The standard InChI is InChI=1S/C21H20N4O2S/c1-13(2)25-20(27)15-9-5-7-11-17(15)23-21(25)28-12-18-22-16-10-6-4-8-14(16)19(26)24(18)3/h4-11,13H,12H2,1-3H3. The number of fused-ring (bicyclic) bond motifs is 2. The third-order valence-corrected chi connectivity index (χ3v) is 5.65. The molecule has 2 heterocycles. The van der Waals surface area contributed by atoms with Crippen LogP contribution in [-0.4, -0.2) is 19.1 Å². The van der Waals surface area contributed by atoms with Crippen LogP contribution in [0.25, 0.3) is 21.8 Å². The zero-order chi connectivity index (χ0) is 19.8. The minimum absolute atomic E-state index is 0.0273. The summed E-state index contributed by atoms with van der Waals surface area (Å²) in [5.41, 5.74) is 1.22. The fraction of sp³-hybridized carbons (Fsp3) is 0.238. The summed E-state index contributed by atoms with van der Waals surface area (Å²) >= 11 is 1.42. The van der Waals surface area contributed by atoms with E-state index in [1.807, 2.05) is 50.2 Å². The van der Waals surface area contributed by atoms with E-state index in [-0.39, 0.29) is 17.2 Å². The van der Waals surface area contributed by atoms with Crippen LogP contribution in [0.4, 0.5) is 0 Å². The second-order valence-corrected chi connectivity index (χ2v) is 7.82. The van der Waals surface area contributed by atoms with Crippen molar-refractivity contribution in [1.82, 2.24) is 19.1 Å². The first-order valence-electron chi connectivity index (χ1n) is 9.06. The highest BCUT2D eigenvalue weighted by Crippen LogP contribution is 2.24. The van der Waals surface area contributed by atoms with Crippen molar-refractivity contribution >= 4 is 33.6 Å². The quantitative estimate of drug-likeness (QED) is 0.393. The van der Waals surface area contributed by atoms with Gasteiger partial charge in [-0.2, -0.15) is 0 Å². The molecule has 0 saturated carbocycles. The van der Waals surface area contributed by atoms with Gasteiger partial charge in [-0.3, -0.25) is 18.7 Å². The summed E-state index contributed by atoms with van der Waals surface area (Å²) in [6.07, 6.45) is 0. The van der Waals surface area contributed by atoms with E-state index < -0.39 is 0 Å². The van der Waals surface area contributed by atoms with Gasteiger partial charge in [0.15, 0.2) is 5.16 Å². The maximum Gasteiger partial charge on any atom is 0.262 e. The Morgan fingerprint density at radius 2 is 1.46 bits per heavy atom. The number of benzene rings is 2. The van der Waals surface area contributed by atoms with E-state index >= 15 is 0 Å². The molecule has 0 spiro atoms. The van der Waals surface area contributed by atoms with Gasteiger partial charge in [0.1, 0.15) is 5.82 Å². The molecule has 0 amide bonds. The van der Waals surface area contributed by atoms with Gasteiger partial charge in [0.25, 0.3) is 11.1 Å². The summed E-state index contributed by atoms with van der Waals surface area (Å²) in [5.74, 6) is 1.08. The number of rotatable bonds is 4. The molecule has 7 heteroatoms. The largest absolute Gasteiger partial charge is 0.299 e. The third-order valence-electron chi connectivity index (χ3n) is 4.70. The summed E-state index contributed by atoms with van der Waals surface area (Å²) in [5, 5.41) is 1.83. The number of nitrogens with zero attached hydrogens (tertiary/aromatic N) is 4. The molecule has 0 atom stereocenters. The monoisotopic (exact) mass is 392 g/mol. The van der Waals surface area contributed by atoms with E-state index in [0.717, 1.165) is 0 Å². The van der Waals surface area contributed by atoms with Crippen LogP contribution in [0.1, 0.15) is 25.7 Å².